The lowest BCUT2D eigenvalue weighted by Gasteiger charge is -2.65. The van der Waals surface area contributed by atoms with Crippen molar-refractivity contribution >= 4 is 18.3 Å². The van der Waals surface area contributed by atoms with Crippen molar-refractivity contribution in [1.29, 1.82) is 0 Å². The largest absolute Gasteiger partial charge is 0.342 e. The fourth-order valence-electron chi connectivity index (χ4n) is 8.04. The maximum absolute atomic E-state index is 13.5. The highest BCUT2D eigenvalue weighted by molar-refractivity contribution is 5.85. The normalized spacial score (nSPS) is 53.3. The van der Waals surface area contributed by atoms with E-state index in [1.165, 1.54) is 38.5 Å². The van der Waals surface area contributed by atoms with Crippen LogP contribution in [0.4, 0.5) is 0 Å². The van der Waals surface area contributed by atoms with Gasteiger partial charge in [0.05, 0.1) is 5.41 Å². The van der Waals surface area contributed by atoms with Gasteiger partial charge in [-0.05, 0) is 67.1 Å². The predicted molar refractivity (Wildman–Crippen MR) is 93.5 cm³/mol. The van der Waals surface area contributed by atoms with Gasteiger partial charge in [-0.2, -0.15) is 0 Å². The number of carbonyl (C=O) groups excluding carboxylic acids is 1. The lowest BCUT2D eigenvalue weighted by Crippen LogP contribution is -2.60. The summed E-state index contributed by atoms with van der Waals surface area (Å²) in [6, 6.07) is 0. The highest BCUT2D eigenvalue weighted by Crippen LogP contribution is 2.70. The molecular weight excluding hydrogens is 308 g/mol. The summed E-state index contributed by atoms with van der Waals surface area (Å²) in [5.41, 5.74) is 0.900. The molecule has 6 fully saturated rings. The highest BCUT2D eigenvalue weighted by Gasteiger charge is 2.63. The van der Waals surface area contributed by atoms with Gasteiger partial charge < -0.3 is 10.2 Å². The van der Waals surface area contributed by atoms with Gasteiger partial charge in [0.2, 0.25) is 5.91 Å². The average Bonchev–Trinajstić information content (AvgIpc) is 2.93. The maximum atomic E-state index is 13.5. The van der Waals surface area contributed by atoms with Crippen LogP contribution in [0.25, 0.3) is 0 Å². The molecule has 6 rings (SSSR count). The third-order valence-corrected chi connectivity index (χ3v) is 7.76. The number of amides is 1. The standard InChI is InChI=1S/C19H30N2O.ClH/c1-17-3-13-4-18(2,10-17)12-19(5-13,11-17)16(22)21-8-14-6-20-7-15(14)9-21;/h13-15,20H,3-12H2,1-2H3;1H/t13?,14-,15+,17?,18?,19?;. The Morgan fingerprint density at radius 1 is 0.957 bits per heavy atom. The zero-order chi connectivity index (χ0) is 15.2. The van der Waals surface area contributed by atoms with Gasteiger partial charge in [-0.15, -0.1) is 12.4 Å². The molecule has 4 aliphatic carbocycles. The van der Waals surface area contributed by atoms with Crippen molar-refractivity contribution in [3.63, 3.8) is 0 Å². The molecule has 2 unspecified atom stereocenters. The van der Waals surface area contributed by atoms with Crippen LogP contribution in [-0.4, -0.2) is 37.0 Å². The summed E-state index contributed by atoms with van der Waals surface area (Å²) in [6.07, 6.45) is 7.67. The molecule has 2 saturated heterocycles. The minimum Gasteiger partial charge on any atom is -0.342 e. The lowest BCUT2D eigenvalue weighted by molar-refractivity contribution is -0.178. The lowest BCUT2D eigenvalue weighted by atomic mass is 9.40. The third-order valence-electron chi connectivity index (χ3n) is 7.76. The first-order valence-corrected chi connectivity index (χ1v) is 9.39. The molecule has 0 aromatic heterocycles. The molecule has 4 bridgehead atoms. The van der Waals surface area contributed by atoms with Gasteiger partial charge in [0.25, 0.3) is 0 Å². The Hall–Kier alpha value is -0.280. The van der Waals surface area contributed by atoms with Gasteiger partial charge in [0, 0.05) is 26.2 Å². The molecular formula is C19H31ClN2O. The number of likely N-dealkylation sites (tertiary alicyclic amines) is 1. The molecule has 6 aliphatic rings. The third kappa shape index (κ3) is 2.29. The Bertz CT molecular complexity index is 505. The molecule has 1 amide bonds. The molecule has 4 heteroatoms. The van der Waals surface area contributed by atoms with Gasteiger partial charge >= 0.3 is 0 Å². The van der Waals surface area contributed by atoms with Crippen LogP contribution in [0.5, 0.6) is 0 Å². The van der Waals surface area contributed by atoms with Crippen LogP contribution >= 0.6 is 12.4 Å². The number of carbonyl (C=O) groups is 1. The van der Waals surface area contributed by atoms with E-state index in [1.807, 2.05) is 0 Å². The molecule has 1 N–H and O–H groups in total. The topological polar surface area (TPSA) is 32.3 Å². The molecule has 2 heterocycles. The number of hydrogen-bond acceptors (Lipinski definition) is 2. The smallest absolute Gasteiger partial charge is 0.228 e. The molecule has 0 aromatic rings. The second-order valence-corrected chi connectivity index (χ2v) is 10.3. The monoisotopic (exact) mass is 338 g/mol. The van der Waals surface area contributed by atoms with E-state index in [9.17, 15) is 4.79 Å². The molecule has 0 radical (unpaired) electrons. The van der Waals surface area contributed by atoms with E-state index < -0.39 is 0 Å². The van der Waals surface area contributed by atoms with Crippen molar-refractivity contribution in [2.24, 2.45) is 34.0 Å². The summed E-state index contributed by atoms with van der Waals surface area (Å²) < 4.78 is 0. The van der Waals surface area contributed by atoms with Crippen molar-refractivity contribution < 1.29 is 4.79 Å². The van der Waals surface area contributed by atoms with Gasteiger partial charge in [-0.1, -0.05) is 13.8 Å². The first-order chi connectivity index (χ1) is 10.4. The number of fused-ring (bicyclic) bond motifs is 1. The summed E-state index contributed by atoms with van der Waals surface area (Å²) in [7, 11) is 0. The van der Waals surface area contributed by atoms with E-state index in [-0.39, 0.29) is 17.8 Å². The first kappa shape index (κ1) is 16.2. The molecule has 4 saturated carbocycles. The Kier molecular flexibility index (Phi) is 3.44. The van der Waals surface area contributed by atoms with Gasteiger partial charge in [0.1, 0.15) is 0 Å². The number of hydrogen-bond donors (Lipinski definition) is 1. The van der Waals surface area contributed by atoms with Crippen LogP contribution in [0.3, 0.4) is 0 Å². The SMILES string of the molecule is CC12CC3CC(C)(C1)CC(C(=O)N1C[C@H]4CNC[C@H]4C1)(C3)C2.Cl. The van der Waals surface area contributed by atoms with E-state index >= 15 is 0 Å². The predicted octanol–water partition coefficient (Wildman–Crippen LogP) is 3.08. The van der Waals surface area contributed by atoms with Crippen molar-refractivity contribution in [3.05, 3.63) is 0 Å². The van der Waals surface area contributed by atoms with Crippen LogP contribution in [0.1, 0.15) is 52.4 Å². The summed E-state index contributed by atoms with van der Waals surface area (Å²) in [6.45, 7) is 9.24. The highest BCUT2D eigenvalue weighted by atomic mass is 35.5. The van der Waals surface area contributed by atoms with Crippen LogP contribution < -0.4 is 5.32 Å². The van der Waals surface area contributed by atoms with Gasteiger partial charge in [-0.25, -0.2) is 0 Å². The van der Waals surface area contributed by atoms with Crippen molar-refractivity contribution in [2.75, 3.05) is 26.2 Å². The quantitative estimate of drug-likeness (QED) is 0.797. The molecule has 23 heavy (non-hydrogen) atoms. The molecule has 0 aromatic carbocycles. The molecule has 0 spiro atoms. The van der Waals surface area contributed by atoms with Crippen LogP contribution in [0.2, 0.25) is 0 Å². The molecule has 2 aliphatic heterocycles. The second-order valence-electron chi connectivity index (χ2n) is 10.3. The minimum atomic E-state index is 0. The average molecular weight is 339 g/mol. The number of halogens is 1. The van der Waals surface area contributed by atoms with Crippen LogP contribution in [-0.2, 0) is 4.79 Å². The maximum Gasteiger partial charge on any atom is 0.228 e. The number of rotatable bonds is 1. The van der Waals surface area contributed by atoms with E-state index in [0.717, 1.165) is 43.9 Å². The molecule has 130 valence electrons. The van der Waals surface area contributed by atoms with E-state index in [0.29, 0.717) is 16.7 Å². The Morgan fingerprint density at radius 3 is 2.04 bits per heavy atom. The van der Waals surface area contributed by atoms with Crippen molar-refractivity contribution in [2.45, 2.75) is 52.4 Å². The zero-order valence-electron chi connectivity index (χ0n) is 14.6. The van der Waals surface area contributed by atoms with Crippen LogP contribution in [0, 0.1) is 34.0 Å². The van der Waals surface area contributed by atoms with E-state index in [4.69, 9.17) is 0 Å². The fraction of sp³-hybridized carbons (Fsp3) is 0.947. The number of nitrogens with one attached hydrogen (secondary N) is 1. The van der Waals surface area contributed by atoms with E-state index in [2.05, 4.69) is 24.1 Å². The van der Waals surface area contributed by atoms with Crippen molar-refractivity contribution in [1.82, 2.24) is 10.2 Å². The minimum absolute atomic E-state index is 0. The summed E-state index contributed by atoms with van der Waals surface area (Å²) in [4.78, 5) is 15.8. The zero-order valence-corrected chi connectivity index (χ0v) is 15.4. The van der Waals surface area contributed by atoms with Crippen molar-refractivity contribution in [3.8, 4) is 0 Å². The Balaban J connectivity index is 0.00000135. The van der Waals surface area contributed by atoms with E-state index in [1.54, 1.807) is 0 Å². The molecule has 4 atom stereocenters. The fourth-order valence-corrected chi connectivity index (χ4v) is 8.04. The summed E-state index contributed by atoms with van der Waals surface area (Å²) in [5.74, 6) is 2.82. The van der Waals surface area contributed by atoms with Crippen LogP contribution in [0.15, 0.2) is 0 Å². The van der Waals surface area contributed by atoms with Gasteiger partial charge in [0.15, 0.2) is 0 Å². The summed E-state index contributed by atoms with van der Waals surface area (Å²) >= 11 is 0. The Labute approximate surface area is 146 Å². The second kappa shape index (κ2) is 4.88. The summed E-state index contributed by atoms with van der Waals surface area (Å²) in [5, 5.41) is 3.49. The first-order valence-electron chi connectivity index (χ1n) is 9.39. The van der Waals surface area contributed by atoms with Gasteiger partial charge in [-0.3, -0.25) is 4.79 Å². The Morgan fingerprint density at radius 2 is 1.52 bits per heavy atom. The molecule has 3 nitrogen and oxygen atoms in total. The number of nitrogens with zero attached hydrogens (tertiary/aromatic N) is 1.